The molecular formula is C22H29NO4. The first kappa shape index (κ1) is 20.6. The lowest BCUT2D eigenvalue weighted by atomic mass is 10.0. The van der Waals surface area contributed by atoms with Gasteiger partial charge in [0.05, 0.1) is 20.3 Å². The van der Waals surface area contributed by atoms with Crippen LogP contribution in [0, 0.1) is 6.92 Å². The number of benzene rings is 2. The number of carbonyl (C=O) groups is 1. The summed E-state index contributed by atoms with van der Waals surface area (Å²) in [6, 6.07) is 13.3. The zero-order valence-corrected chi connectivity index (χ0v) is 16.7. The minimum atomic E-state index is -0.541. The van der Waals surface area contributed by atoms with E-state index in [9.17, 15) is 4.79 Å². The summed E-state index contributed by atoms with van der Waals surface area (Å²) >= 11 is 0. The quantitative estimate of drug-likeness (QED) is 0.708. The number of carbonyl (C=O) groups excluding carboxylic acids is 1. The van der Waals surface area contributed by atoms with Gasteiger partial charge in [-0.05, 0) is 49.1 Å². The molecule has 0 fully saturated rings. The highest BCUT2D eigenvalue weighted by Gasteiger charge is 2.23. The number of hydrogen-bond acceptors (Lipinski definition) is 4. The summed E-state index contributed by atoms with van der Waals surface area (Å²) in [4.78, 5) is 12.8. The van der Waals surface area contributed by atoms with Gasteiger partial charge in [0.15, 0.2) is 17.6 Å². The second-order valence-electron chi connectivity index (χ2n) is 6.36. The molecule has 0 aliphatic rings. The Hall–Kier alpha value is -2.69. The van der Waals surface area contributed by atoms with Gasteiger partial charge >= 0.3 is 0 Å². The summed E-state index contributed by atoms with van der Waals surface area (Å²) in [6.45, 7) is 5.95. The van der Waals surface area contributed by atoms with Crippen molar-refractivity contribution >= 4 is 5.91 Å². The lowest BCUT2D eigenvalue weighted by molar-refractivity contribution is -0.129. The fraction of sp³-hybridized carbons (Fsp3) is 0.409. The van der Waals surface area contributed by atoms with Crippen LogP contribution in [0.15, 0.2) is 42.5 Å². The molecular weight excluding hydrogens is 342 g/mol. The number of rotatable bonds is 9. The van der Waals surface area contributed by atoms with Crippen LogP contribution in [0.25, 0.3) is 0 Å². The van der Waals surface area contributed by atoms with Gasteiger partial charge in [0, 0.05) is 0 Å². The van der Waals surface area contributed by atoms with Crippen LogP contribution in [0.3, 0.4) is 0 Å². The predicted molar refractivity (Wildman–Crippen MR) is 107 cm³/mol. The van der Waals surface area contributed by atoms with Crippen molar-refractivity contribution in [2.75, 3.05) is 14.2 Å². The van der Waals surface area contributed by atoms with Gasteiger partial charge in [0.25, 0.3) is 5.91 Å². The van der Waals surface area contributed by atoms with Gasteiger partial charge in [-0.15, -0.1) is 0 Å². The van der Waals surface area contributed by atoms with Gasteiger partial charge in [-0.3, -0.25) is 4.79 Å². The van der Waals surface area contributed by atoms with Gasteiger partial charge in [-0.2, -0.15) is 0 Å². The van der Waals surface area contributed by atoms with E-state index in [2.05, 4.69) is 5.32 Å². The maximum atomic E-state index is 12.8. The van der Waals surface area contributed by atoms with Gasteiger partial charge in [-0.1, -0.05) is 38.1 Å². The monoisotopic (exact) mass is 371 g/mol. The molecule has 0 saturated carbocycles. The van der Waals surface area contributed by atoms with E-state index in [0.717, 1.165) is 23.3 Å². The number of methoxy groups -OCH3 is 2. The van der Waals surface area contributed by atoms with Gasteiger partial charge in [0.2, 0.25) is 0 Å². The average molecular weight is 371 g/mol. The summed E-state index contributed by atoms with van der Waals surface area (Å²) in [5.41, 5.74) is 1.98. The Balaban J connectivity index is 2.14. The molecule has 2 rings (SSSR count). The molecule has 2 aromatic rings. The number of aryl methyl sites for hydroxylation is 1. The van der Waals surface area contributed by atoms with Gasteiger partial charge < -0.3 is 19.5 Å². The number of ether oxygens (including phenoxy) is 3. The molecule has 0 aliphatic heterocycles. The lowest BCUT2D eigenvalue weighted by Gasteiger charge is -2.23. The Morgan fingerprint density at radius 3 is 2.26 bits per heavy atom. The van der Waals surface area contributed by atoms with Crippen molar-refractivity contribution in [1.29, 1.82) is 0 Å². The molecule has 1 N–H and O–H groups in total. The molecule has 0 bridgehead atoms. The van der Waals surface area contributed by atoms with Crippen LogP contribution in [-0.2, 0) is 4.79 Å². The summed E-state index contributed by atoms with van der Waals surface area (Å²) in [5.74, 6) is 1.92. The minimum Gasteiger partial charge on any atom is -0.493 e. The van der Waals surface area contributed by atoms with Crippen molar-refractivity contribution in [3.05, 3.63) is 53.6 Å². The molecule has 0 radical (unpaired) electrons. The van der Waals surface area contributed by atoms with Crippen LogP contribution in [0.1, 0.15) is 43.9 Å². The molecule has 2 atom stereocenters. The Morgan fingerprint density at radius 1 is 0.963 bits per heavy atom. The third kappa shape index (κ3) is 5.16. The van der Waals surface area contributed by atoms with E-state index in [1.165, 1.54) is 0 Å². The van der Waals surface area contributed by atoms with E-state index in [-0.39, 0.29) is 11.9 Å². The first-order valence-corrected chi connectivity index (χ1v) is 9.28. The topological polar surface area (TPSA) is 56.8 Å². The van der Waals surface area contributed by atoms with Crippen molar-refractivity contribution in [1.82, 2.24) is 5.32 Å². The van der Waals surface area contributed by atoms with Gasteiger partial charge in [0.1, 0.15) is 5.75 Å². The van der Waals surface area contributed by atoms with Gasteiger partial charge in [-0.25, -0.2) is 0 Å². The Kier molecular flexibility index (Phi) is 7.53. The number of nitrogens with one attached hydrogen (secondary N) is 1. The largest absolute Gasteiger partial charge is 0.493 e. The first-order valence-electron chi connectivity index (χ1n) is 9.28. The maximum Gasteiger partial charge on any atom is 0.261 e. The van der Waals surface area contributed by atoms with E-state index >= 15 is 0 Å². The van der Waals surface area contributed by atoms with Crippen LogP contribution in [0.2, 0.25) is 0 Å². The number of amides is 1. The molecule has 5 nitrogen and oxygen atoms in total. The molecule has 0 aromatic heterocycles. The molecule has 0 unspecified atom stereocenters. The van der Waals surface area contributed by atoms with Crippen molar-refractivity contribution in [3.8, 4) is 17.2 Å². The predicted octanol–water partition coefficient (Wildman–Crippen LogP) is 4.44. The van der Waals surface area contributed by atoms with E-state index in [4.69, 9.17) is 14.2 Å². The first-order chi connectivity index (χ1) is 13.0. The third-order valence-electron chi connectivity index (χ3n) is 4.56. The average Bonchev–Trinajstić information content (AvgIpc) is 2.70. The van der Waals surface area contributed by atoms with Crippen molar-refractivity contribution < 1.29 is 19.0 Å². The van der Waals surface area contributed by atoms with E-state index in [1.807, 2.05) is 63.2 Å². The highest BCUT2D eigenvalue weighted by Crippen LogP contribution is 2.31. The summed E-state index contributed by atoms with van der Waals surface area (Å²) in [7, 11) is 3.20. The zero-order valence-electron chi connectivity index (χ0n) is 16.7. The molecule has 27 heavy (non-hydrogen) atoms. The minimum absolute atomic E-state index is 0.123. The van der Waals surface area contributed by atoms with Crippen LogP contribution < -0.4 is 19.5 Å². The molecule has 0 heterocycles. The number of para-hydroxylation sites is 1. The van der Waals surface area contributed by atoms with E-state index in [0.29, 0.717) is 17.9 Å². The number of hydrogen-bond donors (Lipinski definition) is 1. The van der Waals surface area contributed by atoms with E-state index < -0.39 is 6.10 Å². The summed E-state index contributed by atoms with van der Waals surface area (Å²) < 4.78 is 16.6. The maximum absolute atomic E-state index is 12.8. The Labute approximate surface area is 161 Å². The normalized spacial score (nSPS) is 12.8. The van der Waals surface area contributed by atoms with Crippen molar-refractivity contribution in [3.63, 3.8) is 0 Å². The summed E-state index contributed by atoms with van der Waals surface area (Å²) in [5, 5.41) is 3.10. The summed E-state index contributed by atoms with van der Waals surface area (Å²) in [6.07, 6.45) is 0.796. The van der Waals surface area contributed by atoms with Crippen LogP contribution in [0.4, 0.5) is 0 Å². The molecule has 146 valence electrons. The second kappa shape index (κ2) is 9.86. The zero-order chi connectivity index (χ0) is 19.8. The third-order valence-corrected chi connectivity index (χ3v) is 4.56. The fourth-order valence-electron chi connectivity index (χ4n) is 2.92. The van der Waals surface area contributed by atoms with Crippen LogP contribution in [-0.4, -0.2) is 26.2 Å². The second-order valence-corrected chi connectivity index (χ2v) is 6.36. The molecule has 2 aromatic carbocycles. The SMILES string of the molecule is CC[C@H](NC(=O)[C@@H](CC)Oc1ccccc1C)c1ccc(OC)c(OC)c1. The Bertz CT molecular complexity index is 760. The molecule has 0 aliphatic carbocycles. The van der Waals surface area contributed by atoms with E-state index in [1.54, 1.807) is 14.2 Å². The lowest BCUT2D eigenvalue weighted by Crippen LogP contribution is -2.40. The van der Waals surface area contributed by atoms with Crippen LogP contribution >= 0.6 is 0 Å². The molecule has 0 saturated heterocycles. The van der Waals surface area contributed by atoms with Crippen molar-refractivity contribution in [2.45, 2.75) is 45.8 Å². The highest BCUT2D eigenvalue weighted by atomic mass is 16.5. The molecule has 5 heteroatoms. The van der Waals surface area contributed by atoms with Crippen LogP contribution in [0.5, 0.6) is 17.2 Å². The van der Waals surface area contributed by atoms with Crippen molar-refractivity contribution in [2.24, 2.45) is 0 Å². The highest BCUT2D eigenvalue weighted by molar-refractivity contribution is 5.81. The standard InChI is InChI=1S/C22H29NO4/c1-6-17(16-12-13-20(25-4)21(14-16)26-5)23-22(24)18(7-2)27-19-11-9-8-10-15(19)3/h8-14,17-18H,6-7H2,1-5H3,(H,23,24)/t17-,18+/m0/s1. The molecule has 0 spiro atoms. The Morgan fingerprint density at radius 2 is 1.67 bits per heavy atom. The molecule has 1 amide bonds. The fourth-order valence-corrected chi connectivity index (χ4v) is 2.92. The smallest absolute Gasteiger partial charge is 0.261 e.